The molecule has 1 saturated heterocycles. The third-order valence-electron chi connectivity index (χ3n) is 9.41. The van der Waals surface area contributed by atoms with Crippen LogP contribution in [-0.4, -0.2) is 92.0 Å². The lowest BCUT2D eigenvalue weighted by Gasteiger charge is -2.41. The summed E-state index contributed by atoms with van der Waals surface area (Å²) in [5, 5.41) is 12.8. The maximum Gasteiger partial charge on any atom is 0.318 e. The highest BCUT2D eigenvalue weighted by molar-refractivity contribution is 7.92. The third-order valence-corrected chi connectivity index (χ3v) is 11.0. The van der Waals surface area contributed by atoms with Gasteiger partial charge in [0.2, 0.25) is 10.0 Å². The Balaban J connectivity index is 1.29. The number of sulfonamides is 1. The van der Waals surface area contributed by atoms with E-state index in [1.54, 1.807) is 0 Å². The molecule has 0 N–H and O–H groups in total. The number of likely N-dealkylation sites (N-methyl/N-ethyl adjacent to an activating group) is 1. The van der Waals surface area contributed by atoms with Crippen LogP contribution in [0.1, 0.15) is 36.1 Å². The van der Waals surface area contributed by atoms with Crippen molar-refractivity contribution in [3.63, 3.8) is 0 Å². The summed E-state index contributed by atoms with van der Waals surface area (Å²) < 4.78 is 59.7. The molecule has 1 saturated carbocycles. The number of fused-ring (bicyclic) bond motifs is 2. The lowest BCUT2D eigenvalue weighted by molar-refractivity contribution is -0.120. The SMILES string of the molecule is C=CS(=O)(=O)N1CCN(c2nc(OCCN(C)C3CC(F)(F)C3)nc3c2CCN(c2cccc4cccc(C)c24)C3)C[C@@H]1CC#N. The first-order chi connectivity index (χ1) is 22.0. The Morgan fingerprint density at radius 1 is 1.15 bits per heavy atom. The van der Waals surface area contributed by atoms with Gasteiger partial charge in [-0.05, 0) is 37.4 Å². The summed E-state index contributed by atoms with van der Waals surface area (Å²) in [6, 6.07) is 14.2. The molecule has 0 amide bonds. The fraction of sp³-hybridized carbons (Fsp3) is 0.485. The van der Waals surface area contributed by atoms with Gasteiger partial charge in [0.15, 0.2) is 0 Å². The van der Waals surface area contributed by atoms with E-state index in [9.17, 15) is 22.5 Å². The maximum atomic E-state index is 13.4. The van der Waals surface area contributed by atoms with Crippen molar-refractivity contribution in [2.24, 2.45) is 0 Å². The fourth-order valence-corrected chi connectivity index (χ4v) is 7.91. The molecular weight excluding hydrogens is 612 g/mol. The molecule has 6 rings (SSSR count). The normalized spacial score (nSPS) is 20.3. The van der Waals surface area contributed by atoms with Crippen LogP contribution in [-0.2, 0) is 23.0 Å². The van der Waals surface area contributed by atoms with E-state index in [-0.39, 0.29) is 51.0 Å². The molecule has 0 unspecified atom stereocenters. The Bertz CT molecular complexity index is 1770. The maximum absolute atomic E-state index is 13.4. The van der Waals surface area contributed by atoms with Crippen LogP contribution in [0.4, 0.5) is 20.3 Å². The molecule has 1 atom stereocenters. The predicted octanol–water partition coefficient (Wildman–Crippen LogP) is 4.49. The number of aromatic nitrogens is 2. The van der Waals surface area contributed by atoms with Crippen LogP contribution in [0.3, 0.4) is 0 Å². The van der Waals surface area contributed by atoms with Crippen LogP contribution in [0.2, 0.25) is 0 Å². The number of hydrogen-bond donors (Lipinski definition) is 0. The van der Waals surface area contributed by atoms with Crippen molar-refractivity contribution in [3.05, 3.63) is 65.2 Å². The Morgan fingerprint density at radius 3 is 2.63 bits per heavy atom. The van der Waals surface area contributed by atoms with E-state index in [1.807, 2.05) is 16.8 Å². The number of alkyl halides is 2. The average Bonchev–Trinajstić information content (AvgIpc) is 3.02. The highest BCUT2D eigenvalue weighted by atomic mass is 32.2. The Hall–Kier alpha value is -3.86. The van der Waals surface area contributed by atoms with Gasteiger partial charge >= 0.3 is 6.01 Å². The van der Waals surface area contributed by atoms with E-state index in [1.165, 1.54) is 20.6 Å². The molecule has 0 radical (unpaired) electrons. The second kappa shape index (κ2) is 12.7. The van der Waals surface area contributed by atoms with Crippen molar-refractivity contribution in [2.75, 3.05) is 56.2 Å². The lowest BCUT2D eigenvalue weighted by Crippen LogP contribution is -2.55. The molecule has 2 aliphatic heterocycles. The van der Waals surface area contributed by atoms with Crippen molar-refractivity contribution < 1.29 is 21.9 Å². The van der Waals surface area contributed by atoms with Crippen LogP contribution in [0.5, 0.6) is 6.01 Å². The lowest BCUT2D eigenvalue weighted by atomic mass is 9.87. The molecule has 10 nitrogen and oxygen atoms in total. The summed E-state index contributed by atoms with van der Waals surface area (Å²) in [6.07, 6.45) is 0.397. The average molecular weight is 652 g/mol. The van der Waals surface area contributed by atoms with Gasteiger partial charge in [0.25, 0.3) is 5.92 Å². The molecule has 2 aromatic carbocycles. The zero-order valence-electron chi connectivity index (χ0n) is 26.2. The minimum absolute atomic E-state index is 0.0287. The molecule has 3 aliphatic rings. The smallest absolute Gasteiger partial charge is 0.318 e. The summed E-state index contributed by atoms with van der Waals surface area (Å²) in [6.45, 7) is 8.36. The topological polar surface area (TPSA) is 106 Å². The zero-order valence-corrected chi connectivity index (χ0v) is 27.0. The number of nitriles is 1. The quantitative estimate of drug-likeness (QED) is 0.314. The van der Waals surface area contributed by atoms with Gasteiger partial charge in [0.1, 0.15) is 12.4 Å². The first kappa shape index (κ1) is 32.1. The van der Waals surface area contributed by atoms with Gasteiger partial charge < -0.3 is 14.5 Å². The van der Waals surface area contributed by atoms with Crippen LogP contribution in [0, 0.1) is 18.3 Å². The fourth-order valence-electron chi connectivity index (χ4n) is 6.83. The second-order valence-corrected chi connectivity index (χ2v) is 14.2. The summed E-state index contributed by atoms with van der Waals surface area (Å²) in [7, 11) is -1.89. The molecule has 3 aromatic rings. The summed E-state index contributed by atoms with van der Waals surface area (Å²) in [5.74, 6) is -1.91. The predicted molar refractivity (Wildman–Crippen MR) is 174 cm³/mol. The molecule has 0 bridgehead atoms. The minimum Gasteiger partial charge on any atom is -0.462 e. The molecule has 2 fully saturated rings. The second-order valence-electron chi connectivity index (χ2n) is 12.4. The van der Waals surface area contributed by atoms with E-state index in [0.717, 1.165) is 28.9 Å². The zero-order chi connectivity index (χ0) is 32.6. The molecule has 0 spiro atoms. The molecule has 3 heterocycles. The number of aryl methyl sites for hydroxylation is 1. The number of piperazine rings is 1. The summed E-state index contributed by atoms with van der Waals surface area (Å²) in [4.78, 5) is 15.9. The van der Waals surface area contributed by atoms with Gasteiger partial charge in [-0.2, -0.15) is 19.5 Å². The number of rotatable bonds is 10. The van der Waals surface area contributed by atoms with E-state index in [2.05, 4.69) is 60.9 Å². The molecule has 13 heteroatoms. The first-order valence-corrected chi connectivity index (χ1v) is 17.1. The van der Waals surface area contributed by atoms with E-state index < -0.39 is 22.0 Å². The molecule has 46 heavy (non-hydrogen) atoms. The van der Waals surface area contributed by atoms with Crippen molar-refractivity contribution in [1.29, 1.82) is 5.26 Å². The van der Waals surface area contributed by atoms with Gasteiger partial charge in [-0.1, -0.05) is 36.9 Å². The highest BCUT2D eigenvalue weighted by Gasteiger charge is 2.46. The van der Waals surface area contributed by atoms with Crippen molar-refractivity contribution >= 4 is 32.3 Å². The largest absolute Gasteiger partial charge is 0.462 e. The minimum atomic E-state index is -3.71. The van der Waals surface area contributed by atoms with Crippen LogP contribution in [0.15, 0.2) is 48.4 Å². The number of benzene rings is 2. The van der Waals surface area contributed by atoms with E-state index in [0.29, 0.717) is 31.9 Å². The summed E-state index contributed by atoms with van der Waals surface area (Å²) in [5.41, 5.74) is 4.11. The molecule has 244 valence electrons. The van der Waals surface area contributed by atoms with Crippen LogP contribution < -0.4 is 14.5 Å². The van der Waals surface area contributed by atoms with Gasteiger partial charge in [-0.3, -0.25) is 4.90 Å². The highest BCUT2D eigenvalue weighted by Crippen LogP contribution is 2.40. The van der Waals surface area contributed by atoms with E-state index in [4.69, 9.17) is 14.7 Å². The Kier molecular flexibility index (Phi) is 8.89. The number of anilines is 2. The van der Waals surface area contributed by atoms with E-state index >= 15 is 0 Å². The monoisotopic (exact) mass is 651 g/mol. The van der Waals surface area contributed by atoms with Gasteiger partial charge in [0.05, 0.1) is 30.8 Å². The van der Waals surface area contributed by atoms with Gasteiger partial charge in [-0.15, -0.1) is 0 Å². The van der Waals surface area contributed by atoms with Crippen molar-refractivity contribution in [3.8, 4) is 12.1 Å². The number of halogens is 2. The summed E-state index contributed by atoms with van der Waals surface area (Å²) >= 11 is 0. The Morgan fingerprint density at radius 2 is 1.91 bits per heavy atom. The standard InChI is InChI=1S/C33H39F2N7O3S/c1-4-46(43,44)42-16-15-41(21-25(42)11-13-36)31-27-12-14-40(29-10-6-9-24-8-5-7-23(2)30(24)29)22-28(27)37-32(38-31)45-18-17-39(3)26-19-33(34,35)20-26/h4-10,25-26H,1,11-12,14-22H2,2-3H3/t25-/m0/s1. The van der Waals surface area contributed by atoms with Crippen molar-refractivity contribution in [2.45, 2.75) is 57.2 Å². The van der Waals surface area contributed by atoms with Crippen molar-refractivity contribution in [1.82, 2.24) is 19.2 Å². The first-order valence-electron chi connectivity index (χ1n) is 15.6. The van der Waals surface area contributed by atoms with Gasteiger partial charge in [0, 0.05) is 73.7 Å². The Labute approximate surface area is 268 Å². The number of hydrogen-bond acceptors (Lipinski definition) is 9. The molecule has 1 aromatic heterocycles. The third kappa shape index (κ3) is 6.38. The number of ether oxygens (including phenoxy) is 1. The van der Waals surface area contributed by atoms with Crippen LogP contribution >= 0.6 is 0 Å². The molecule has 1 aliphatic carbocycles. The molecular formula is C33H39F2N7O3S. The van der Waals surface area contributed by atoms with Crippen LogP contribution in [0.25, 0.3) is 10.8 Å². The van der Waals surface area contributed by atoms with Gasteiger partial charge in [-0.25, -0.2) is 17.2 Å². The number of nitrogens with zero attached hydrogens (tertiary/aromatic N) is 7.